The molecule has 0 amide bonds. The number of pyridine rings is 1. The molecule has 5 heteroatoms. The number of halogens is 1. The van der Waals surface area contributed by atoms with Gasteiger partial charge >= 0.3 is 0 Å². The molecule has 0 spiro atoms. The molecule has 3 aliphatic rings. The molecule has 3 heterocycles. The van der Waals surface area contributed by atoms with E-state index < -0.39 is 0 Å². The number of nitrogens with one attached hydrogen (secondary N) is 1. The van der Waals surface area contributed by atoms with Crippen LogP contribution < -0.4 is 5.32 Å². The van der Waals surface area contributed by atoms with Gasteiger partial charge in [-0.05, 0) is 28.8 Å². The third-order valence-electron chi connectivity index (χ3n) is 3.76. The topological polar surface area (TPSA) is 42.7 Å². The molecule has 0 atom stereocenters. The molecule has 0 aromatic heterocycles. The van der Waals surface area contributed by atoms with Crippen molar-refractivity contribution in [2.75, 3.05) is 0 Å². The molecule has 0 bridgehead atoms. The summed E-state index contributed by atoms with van der Waals surface area (Å²) in [6.45, 7) is 2.59. The average Bonchev–Trinajstić information content (AvgIpc) is 3.08. The number of fused-ring (bicyclic) bond motifs is 3. The SMILES string of the molecule is Clc1ccc(Cn2cc3c(c4cnnc2-4)CNC3)cc1. The molecule has 0 saturated heterocycles. The first-order chi connectivity index (χ1) is 9.81. The van der Waals surface area contributed by atoms with Crippen molar-refractivity contribution in [3.05, 3.63) is 58.4 Å². The Hall–Kier alpha value is -1.91. The van der Waals surface area contributed by atoms with Gasteiger partial charge < -0.3 is 9.88 Å². The van der Waals surface area contributed by atoms with Gasteiger partial charge in [0.1, 0.15) is 0 Å². The van der Waals surface area contributed by atoms with Gasteiger partial charge in [0.2, 0.25) is 0 Å². The van der Waals surface area contributed by atoms with Crippen molar-refractivity contribution >= 4 is 11.6 Å². The van der Waals surface area contributed by atoms with E-state index in [9.17, 15) is 0 Å². The maximum Gasteiger partial charge on any atom is 0.164 e. The second kappa shape index (κ2) is 4.58. The van der Waals surface area contributed by atoms with Crippen LogP contribution in [0.5, 0.6) is 0 Å². The highest BCUT2D eigenvalue weighted by Gasteiger charge is 2.22. The molecule has 4 rings (SSSR count). The minimum absolute atomic E-state index is 0.759. The number of nitrogens with zero attached hydrogens (tertiary/aromatic N) is 3. The lowest BCUT2D eigenvalue weighted by Gasteiger charge is -2.14. The molecule has 0 unspecified atom stereocenters. The van der Waals surface area contributed by atoms with Crippen LogP contribution in [0.1, 0.15) is 16.7 Å². The van der Waals surface area contributed by atoms with E-state index in [1.165, 1.54) is 16.7 Å². The summed E-state index contributed by atoms with van der Waals surface area (Å²) in [6.07, 6.45) is 4.04. The fourth-order valence-electron chi connectivity index (χ4n) is 2.77. The van der Waals surface area contributed by atoms with Crippen molar-refractivity contribution in [3.63, 3.8) is 0 Å². The van der Waals surface area contributed by atoms with Crippen LogP contribution in [0.15, 0.2) is 36.7 Å². The quantitative estimate of drug-likeness (QED) is 0.787. The first-order valence-electron chi connectivity index (χ1n) is 6.59. The zero-order valence-corrected chi connectivity index (χ0v) is 11.6. The van der Waals surface area contributed by atoms with Gasteiger partial charge in [0.05, 0.1) is 6.20 Å². The third-order valence-corrected chi connectivity index (χ3v) is 4.01. The standard InChI is InChI=1S/C15H13ClN4/c16-12-3-1-10(2-4-12)8-20-9-11-5-17-6-13(11)14-7-18-19-15(14)20/h1-4,7,9,17H,5-6,8H2. The highest BCUT2D eigenvalue weighted by Crippen LogP contribution is 2.30. The Morgan fingerprint density at radius 1 is 1.20 bits per heavy atom. The Bertz CT molecular complexity index is 732. The molecule has 0 radical (unpaired) electrons. The van der Waals surface area contributed by atoms with Crippen LogP contribution in [0.25, 0.3) is 11.4 Å². The van der Waals surface area contributed by atoms with Crippen LogP contribution in [-0.2, 0) is 19.6 Å². The van der Waals surface area contributed by atoms with E-state index in [1.807, 2.05) is 30.5 Å². The second-order valence-corrected chi connectivity index (χ2v) is 5.51. The summed E-state index contributed by atoms with van der Waals surface area (Å²) in [7, 11) is 0. The molecule has 1 aromatic carbocycles. The number of rotatable bonds is 2. The molecule has 0 saturated carbocycles. The molecule has 4 nitrogen and oxygen atoms in total. The van der Waals surface area contributed by atoms with Gasteiger partial charge in [-0.1, -0.05) is 23.7 Å². The van der Waals surface area contributed by atoms with Crippen molar-refractivity contribution < 1.29 is 0 Å². The van der Waals surface area contributed by atoms with Gasteiger partial charge in [-0.3, -0.25) is 0 Å². The second-order valence-electron chi connectivity index (χ2n) is 5.07. The lowest BCUT2D eigenvalue weighted by molar-refractivity contribution is 0.752. The van der Waals surface area contributed by atoms with Crippen molar-refractivity contribution in [1.29, 1.82) is 0 Å². The Kier molecular flexibility index (Phi) is 2.72. The number of benzene rings is 1. The average molecular weight is 285 g/mol. The van der Waals surface area contributed by atoms with E-state index >= 15 is 0 Å². The fraction of sp³-hybridized carbons (Fsp3) is 0.200. The van der Waals surface area contributed by atoms with E-state index in [0.717, 1.165) is 36.0 Å². The van der Waals surface area contributed by atoms with E-state index in [-0.39, 0.29) is 0 Å². The fourth-order valence-corrected chi connectivity index (χ4v) is 2.89. The van der Waals surface area contributed by atoms with Crippen molar-refractivity contribution in [1.82, 2.24) is 20.1 Å². The Morgan fingerprint density at radius 3 is 2.90 bits per heavy atom. The Labute approximate surface area is 121 Å². The number of hydrogen-bond acceptors (Lipinski definition) is 3. The third kappa shape index (κ3) is 1.88. The highest BCUT2D eigenvalue weighted by molar-refractivity contribution is 6.30. The molecule has 0 aliphatic carbocycles. The molecular weight excluding hydrogens is 272 g/mol. The minimum Gasteiger partial charge on any atom is -0.326 e. The van der Waals surface area contributed by atoms with Crippen molar-refractivity contribution in [2.24, 2.45) is 0 Å². The van der Waals surface area contributed by atoms with Crippen LogP contribution in [0.4, 0.5) is 0 Å². The summed E-state index contributed by atoms with van der Waals surface area (Å²) in [6, 6.07) is 7.92. The van der Waals surface area contributed by atoms with Crippen LogP contribution in [0.3, 0.4) is 0 Å². The van der Waals surface area contributed by atoms with Crippen LogP contribution in [-0.4, -0.2) is 14.8 Å². The summed E-state index contributed by atoms with van der Waals surface area (Å²) in [4.78, 5) is 0. The Balaban J connectivity index is 1.78. The zero-order valence-electron chi connectivity index (χ0n) is 10.8. The van der Waals surface area contributed by atoms with Gasteiger partial charge in [0.15, 0.2) is 5.82 Å². The van der Waals surface area contributed by atoms with Gasteiger partial charge in [0.25, 0.3) is 0 Å². The normalized spacial score (nSPS) is 13.8. The maximum atomic E-state index is 5.93. The summed E-state index contributed by atoms with van der Waals surface area (Å²) in [5.74, 6) is 0.947. The summed E-state index contributed by atoms with van der Waals surface area (Å²) in [5, 5.41) is 12.5. The summed E-state index contributed by atoms with van der Waals surface area (Å²) >= 11 is 5.93. The molecule has 0 fully saturated rings. The van der Waals surface area contributed by atoms with Gasteiger partial charge in [-0.25, -0.2) is 0 Å². The largest absolute Gasteiger partial charge is 0.326 e. The molecule has 100 valence electrons. The molecule has 1 N–H and O–H groups in total. The molecule has 3 aliphatic heterocycles. The van der Waals surface area contributed by atoms with Crippen molar-refractivity contribution in [2.45, 2.75) is 19.6 Å². The van der Waals surface area contributed by atoms with Gasteiger partial charge in [-0.2, -0.15) is 5.10 Å². The predicted octanol–water partition coefficient (Wildman–Crippen LogP) is 2.69. The molecular formula is C15H13ClN4. The van der Waals surface area contributed by atoms with E-state index in [1.54, 1.807) is 0 Å². The molecule has 1 aromatic rings. The maximum absolute atomic E-state index is 5.93. The predicted molar refractivity (Wildman–Crippen MR) is 77.7 cm³/mol. The smallest absolute Gasteiger partial charge is 0.164 e. The lowest BCUT2D eigenvalue weighted by Crippen LogP contribution is -2.08. The van der Waals surface area contributed by atoms with E-state index in [4.69, 9.17) is 11.6 Å². The summed E-state index contributed by atoms with van der Waals surface area (Å²) < 4.78 is 2.16. The van der Waals surface area contributed by atoms with E-state index in [2.05, 4.69) is 26.3 Å². The number of aromatic nitrogens is 3. The van der Waals surface area contributed by atoms with Crippen LogP contribution in [0, 0.1) is 0 Å². The highest BCUT2D eigenvalue weighted by atomic mass is 35.5. The van der Waals surface area contributed by atoms with Crippen LogP contribution >= 0.6 is 11.6 Å². The first kappa shape index (κ1) is 11.9. The lowest BCUT2D eigenvalue weighted by atomic mass is 10.1. The zero-order chi connectivity index (χ0) is 13.5. The minimum atomic E-state index is 0.759. The van der Waals surface area contributed by atoms with Gasteiger partial charge in [-0.15, -0.1) is 5.10 Å². The monoisotopic (exact) mass is 284 g/mol. The van der Waals surface area contributed by atoms with Crippen molar-refractivity contribution in [3.8, 4) is 11.4 Å². The van der Waals surface area contributed by atoms with Gasteiger partial charge in [0, 0.05) is 36.4 Å². The first-order valence-corrected chi connectivity index (χ1v) is 6.96. The summed E-state index contributed by atoms with van der Waals surface area (Å²) in [5.41, 5.74) is 5.02. The van der Waals surface area contributed by atoms with Crippen LogP contribution in [0.2, 0.25) is 5.02 Å². The number of hydrogen-bond donors (Lipinski definition) is 1. The van der Waals surface area contributed by atoms with E-state index in [0.29, 0.717) is 0 Å². The Morgan fingerprint density at radius 2 is 2.05 bits per heavy atom. The molecule has 20 heavy (non-hydrogen) atoms.